The Morgan fingerprint density at radius 3 is 2.30 bits per heavy atom. The lowest BCUT2D eigenvalue weighted by molar-refractivity contribution is -0.119. The van der Waals surface area contributed by atoms with E-state index in [1.165, 1.54) is 0 Å². The molecule has 2 heterocycles. The monoisotopic (exact) mass is 562 g/mol. The minimum atomic E-state index is -0.418. The van der Waals surface area contributed by atoms with Gasteiger partial charge in [0.05, 0.1) is 25.9 Å². The van der Waals surface area contributed by atoms with E-state index in [1.807, 2.05) is 60.7 Å². The van der Waals surface area contributed by atoms with Gasteiger partial charge in [-0.3, -0.25) is 9.59 Å². The van der Waals surface area contributed by atoms with Crippen molar-refractivity contribution in [3.05, 3.63) is 112 Å². The molecule has 0 spiro atoms. The second-order valence-corrected chi connectivity index (χ2v) is 9.86. The molecule has 0 saturated carbocycles. The quantitative estimate of drug-likeness (QED) is 0.404. The van der Waals surface area contributed by atoms with Crippen molar-refractivity contribution in [3.8, 4) is 0 Å². The summed E-state index contributed by atoms with van der Waals surface area (Å²) >= 11 is 3.42. The molecule has 2 saturated heterocycles. The number of amides is 2. The number of hydrogen-bond acceptors (Lipinski definition) is 5. The van der Waals surface area contributed by atoms with Crippen molar-refractivity contribution in [1.29, 1.82) is 0 Å². The molecule has 2 fully saturated rings. The maximum absolute atomic E-state index is 13.4. The average molecular weight is 563 g/mol. The molecule has 2 amide bonds. The molecule has 4 atom stereocenters. The zero-order valence-corrected chi connectivity index (χ0v) is 21.6. The molecular weight excluding hydrogens is 536 g/mol. The molecule has 0 aliphatic carbocycles. The van der Waals surface area contributed by atoms with Gasteiger partial charge in [-0.15, -0.1) is 0 Å². The average Bonchev–Trinajstić information content (AvgIpc) is 3.52. The van der Waals surface area contributed by atoms with E-state index >= 15 is 0 Å². The van der Waals surface area contributed by atoms with Crippen molar-refractivity contribution in [1.82, 2.24) is 10.6 Å². The van der Waals surface area contributed by atoms with E-state index in [4.69, 9.17) is 14.2 Å². The Balaban J connectivity index is 1.26. The number of benzene rings is 3. The summed E-state index contributed by atoms with van der Waals surface area (Å²) in [5.41, 5.74) is 2.44. The van der Waals surface area contributed by atoms with Crippen LogP contribution in [0.25, 0.3) is 6.08 Å². The lowest BCUT2D eigenvalue weighted by Crippen LogP contribution is -2.46. The molecule has 190 valence electrons. The Morgan fingerprint density at radius 1 is 0.892 bits per heavy atom. The topological polar surface area (TPSA) is 85.9 Å². The van der Waals surface area contributed by atoms with Gasteiger partial charge >= 0.3 is 0 Å². The maximum Gasteiger partial charge on any atom is 0.268 e. The van der Waals surface area contributed by atoms with Gasteiger partial charge in [-0.05, 0) is 41.5 Å². The first-order chi connectivity index (χ1) is 18.1. The number of hydrogen-bond donors (Lipinski definition) is 2. The zero-order valence-electron chi connectivity index (χ0n) is 20.0. The van der Waals surface area contributed by atoms with E-state index in [-0.39, 0.29) is 36.0 Å². The van der Waals surface area contributed by atoms with Crippen molar-refractivity contribution in [3.63, 3.8) is 0 Å². The number of nitrogens with one attached hydrogen (secondary N) is 2. The van der Waals surface area contributed by atoms with E-state index in [0.29, 0.717) is 25.4 Å². The van der Waals surface area contributed by atoms with Gasteiger partial charge in [-0.25, -0.2) is 0 Å². The van der Waals surface area contributed by atoms with Gasteiger partial charge in [-0.1, -0.05) is 76.6 Å². The molecule has 0 aromatic heterocycles. The van der Waals surface area contributed by atoms with Gasteiger partial charge in [0.25, 0.3) is 11.8 Å². The van der Waals surface area contributed by atoms with Gasteiger partial charge in [0, 0.05) is 10.0 Å². The molecule has 3 aromatic carbocycles. The molecule has 5 rings (SSSR count). The molecule has 8 heteroatoms. The predicted octanol–water partition coefficient (Wildman–Crippen LogP) is 4.09. The predicted molar refractivity (Wildman–Crippen MR) is 142 cm³/mol. The minimum absolute atomic E-state index is 0.134. The van der Waals surface area contributed by atoms with Gasteiger partial charge < -0.3 is 24.8 Å². The normalized spacial score (nSPS) is 22.9. The lowest BCUT2D eigenvalue weighted by Gasteiger charge is -2.19. The minimum Gasteiger partial charge on any atom is -0.370 e. The van der Waals surface area contributed by atoms with E-state index < -0.39 is 5.91 Å². The summed E-state index contributed by atoms with van der Waals surface area (Å²) in [6, 6.07) is 25.8. The highest BCUT2D eigenvalue weighted by Crippen LogP contribution is 2.29. The third-order valence-corrected chi connectivity index (χ3v) is 6.87. The highest BCUT2D eigenvalue weighted by Gasteiger charge is 2.49. The Kier molecular flexibility index (Phi) is 8.11. The third kappa shape index (κ3) is 6.34. The van der Waals surface area contributed by atoms with Crippen LogP contribution in [0, 0.1) is 0 Å². The van der Waals surface area contributed by atoms with E-state index in [2.05, 4.69) is 26.6 Å². The van der Waals surface area contributed by atoms with Crippen molar-refractivity contribution < 1.29 is 23.8 Å². The van der Waals surface area contributed by atoms with Crippen LogP contribution in [0.15, 0.2) is 95.1 Å². The van der Waals surface area contributed by atoms with Crippen LogP contribution in [0.1, 0.15) is 21.5 Å². The van der Waals surface area contributed by atoms with Crippen LogP contribution in [-0.4, -0.2) is 49.4 Å². The molecule has 2 aliphatic heterocycles. The number of halogens is 1. The summed E-state index contributed by atoms with van der Waals surface area (Å²) in [6.07, 6.45) is 0.829. The van der Waals surface area contributed by atoms with Gasteiger partial charge in [0.15, 0.2) is 0 Å². The highest BCUT2D eigenvalue weighted by molar-refractivity contribution is 9.10. The SMILES string of the molecule is O=C(N[C@@H]1CO[C@H]2[C@@H]1OC[C@H]2OCc1ccccc1)/C(=C/c1ccc(Br)cc1)NC(=O)c1ccccc1. The highest BCUT2D eigenvalue weighted by atomic mass is 79.9. The van der Waals surface area contributed by atoms with Gasteiger partial charge in [0.1, 0.15) is 24.0 Å². The number of ether oxygens (including phenoxy) is 3. The van der Waals surface area contributed by atoms with Crippen LogP contribution in [0.4, 0.5) is 0 Å². The summed E-state index contributed by atoms with van der Waals surface area (Å²) in [5.74, 6) is -0.787. The number of carbonyl (C=O) groups is 2. The Morgan fingerprint density at radius 2 is 1.57 bits per heavy atom. The molecule has 2 aliphatic rings. The fourth-order valence-electron chi connectivity index (χ4n) is 4.42. The van der Waals surface area contributed by atoms with Crippen molar-refractivity contribution in [2.75, 3.05) is 13.2 Å². The second-order valence-electron chi connectivity index (χ2n) is 8.94. The number of carbonyl (C=O) groups excluding carboxylic acids is 2. The van der Waals surface area contributed by atoms with Crippen molar-refractivity contribution >= 4 is 33.8 Å². The molecule has 3 aromatic rings. The summed E-state index contributed by atoms with van der Waals surface area (Å²) in [6.45, 7) is 1.15. The van der Waals surface area contributed by atoms with Crippen LogP contribution in [-0.2, 0) is 25.6 Å². The number of rotatable bonds is 8. The Bertz CT molecular complexity index is 1250. The Labute approximate surface area is 223 Å². The molecule has 0 unspecified atom stereocenters. The first-order valence-corrected chi connectivity index (χ1v) is 12.9. The summed E-state index contributed by atoms with van der Waals surface area (Å²) < 4.78 is 18.9. The second kappa shape index (κ2) is 11.8. The fraction of sp³-hybridized carbons (Fsp3) is 0.241. The smallest absolute Gasteiger partial charge is 0.268 e. The van der Waals surface area contributed by atoms with Gasteiger partial charge in [0.2, 0.25) is 0 Å². The number of fused-ring (bicyclic) bond motifs is 1. The first kappa shape index (κ1) is 25.4. The van der Waals surface area contributed by atoms with Crippen LogP contribution < -0.4 is 10.6 Å². The fourth-order valence-corrected chi connectivity index (χ4v) is 4.69. The summed E-state index contributed by atoms with van der Waals surface area (Å²) in [7, 11) is 0. The zero-order chi connectivity index (χ0) is 25.6. The molecule has 7 nitrogen and oxygen atoms in total. The first-order valence-electron chi connectivity index (χ1n) is 12.1. The molecule has 37 heavy (non-hydrogen) atoms. The van der Waals surface area contributed by atoms with E-state index in [1.54, 1.807) is 30.3 Å². The van der Waals surface area contributed by atoms with Crippen LogP contribution in [0.5, 0.6) is 0 Å². The largest absolute Gasteiger partial charge is 0.370 e. The van der Waals surface area contributed by atoms with Crippen LogP contribution >= 0.6 is 15.9 Å². The molecule has 0 radical (unpaired) electrons. The van der Waals surface area contributed by atoms with E-state index in [9.17, 15) is 9.59 Å². The molecule has 0 bridgehead atoms. The van der Waals surface area contributed by atoms with Crippen LogP contribution in [0.3, 0.4) is 0 Å². The van der Waals surface area contributed by atoms with Crippen molar-refractivity contribution in [2.45, 2.75) is 31.0 Å². The summed E-state index contributed by atoms with van der Waals surface area (Å²) in [4.78, 5) is 26.2. The standard InChI is InChI=1S/C29H27BrN2O5/c30-22-13-11-19(12-14-22)15-23(31-28(33)21-9-5-2-6-10-21)29(34)32-24-17-36-27-25(18-37-26(24)27)35-16-20-7-3-1-4-8-20/h1-15,24-27H,16-18H2,(H,31,33)(H,32,34)/b23-15-/t24-,25-,26-,27-/m1/s1. The Hall–Kier alpha value is -3.30. The third-order valence-electron chi connectivity index (χ3n) is 6.34. The van der Waals surface area contributed by atoms with Crippen molar-refractivity contribution in [2.24, 2.45) is 0 Å². The maximum atomic E-state index is 13.4. The van der Waals surface area contributed by atoms with E-state index in [0.717, 1.165) is 15.6 Å². The summed E-state index contributed by atoms with van der Waals surface area (Å²) in [5, 5.41) is 5.77. The van der Waals surface area contributed by atoms with Crippen LogP contribution in [0.2, 0.25) is 0 Å². The molecular formula is C29H27BrN2O5. The van der Waals surface area contributed by atoms with Gasteiger partial charge in [-0.2, -0.15) is 0 Å². The molecule has 2 N–H and O–H groups in total. The lowest BCUT2D eigenvalue weighted by atomic mass is 10.1.